The highest BCUT2D eigenvalue weighted by Gasteiger charge is 2.10. The van der Waals surface area contributed by atoms with E-state index in [1.165, 1.54) is 18.3 Å². The van der Waals surface area contributed by atoms with Gasteiger partial charge in [-0.3, -0.25) is 10.1 Å². The molecule has 2 N–H and O–H groups in total. The van der Waals surface area contributed by atoms with Crippen LogP contribution in [0.15, 0.2) is 21.7 Å². The number of nitro groups is 1. The van der Waals surface area contributed by atoms with Crippen LogP contribution in [0.4, 0.5) is 11.8 Å². The number of hydrogen-bond donors (Lipinski definition) is 2. The van der Waals surface area contributed by atoms with Crippen LogP contribution in [0, 0.1) is 10.1 Å². The molecule has 10 nitrogen and oxygen atoms in total. The summed E-state index contributed by atoms with van der Waals surface area (Å²) in [6.45, 7) is 0. The number of H-pyrrole nitrogens is 1. The van der Waals surface area contributed by atoms with Gasteiger partial charge in [0.25, 0.3) is 5.95 Å². The Morgan fingerprint density at radius 2 is 2.50 bits per heavy atom. The monoisotopic (exact) mass is 223 g/mol. The Morgan fingerprint density at radius 3 is 3.12 bits per heavy atom. The van der Waals surface area contributed by atoms with Gasteiger partial charge in [-0.1, -0.05) is 5.10 Å². The summed E-state index contributed by atoms with van der Waals surface area (Å²) in [6, 6.07) is 2.65. The van der Waals surface area contributed by atoms with Crippen molar-refractivity contribution < 1.29 is 9.34 Å². The van der Waals surface area contributed by atoms with Gasteiger partial charge < -0.3 is 4.42 Å². The Bertz CT molecular complexity index is 502. The average molecular weight is 223 g/mol. The molecule has 2 heterocycles. The molecule has 16 heavy (non-hydrogen) atoms. The largest absolute Gasteiger partial charge is 0.433 e. The predicted molar refractivity (Wildman–Crippen MR) is 50.8 cm³/mol. The van der Waals surface area contributed by atoms with E-state index in [4.69, 9.17) is 4.42 Å². The van der Waals surface area contributed by atoms with Crippen LogP contribution in [0.1, 0.15) is 5.76 Å². The number of nitrogens with one attached hydrogen (secondary N) is 2. The van der Waals surface area contributed by atoms with E-state index < -0.39 is 4.92 Å². The fourth-order valence-electron chi connectivity index (χ4n) is 0.873. The molecule has 0 aliphatic rings. The minimum absolute atomic E-state index is 0.178. The van der Waals surface area contributed by atoms with Crippen molar-refractivity contribution in [2.24, 2.45) is 5.10 Å². The number of anilines is 1. The highest BCUT2D eigenvalue weighted by Crippen LogP contribution is 2.13. The second-order valence-corrected chi connectivity index (χ2v) is 2.54. The van der Waals surface area contributed by atoms with E-state index >= 15 is 0 Å². The van der Waals surface area contributed by atoms with Crippen molar-refractivity contribution in [2.45, 2.75) is 0 Å². The molecule has 2 aromatic heterocycles. The number of nitrogens with zero attached hydrogens (tertiary/aromatic N) is 5. The van der Waals surface area contributed by atoms with Crippen molar-refractivity contribution in [3.63, 3.8) is 0 Å². The van der Waals surface area contributed by atoms with Gasteiger partial charge in [-0.05, 0) is 11.3 Å². The van der Waals surface area contributed by atoms with Gasteiger partial charge in [-0.2, -0.15) is 10.3 Å². The second-order valence-electron chi connectivity index (χ2n) is 2.54. The van der Waals surface area contributed by atoms with E-state index in [1.807, 2.05) is 0 Å². The van der Waals surface area contributed by atoms with Crippen LogP contribution in [0.2, 0.25) is 0 Å². The molecular formula is C6H5N7O3. The van der Waals surface area contributed by atoms with E-state index in [2.05, 4.69) is 31.2 Å². The Labute approximate surface area is 87.5 Å². The average Bonchev–Trinajstić information content (AvgIpc) is 2.87. The summed E-state index contributed by atoms with van der Waals surface area (Å²) in [6.07, 6.45) is 1.25. The number of aromatic nitrogens is 4. The van der Waals surface area contributed by atoms with Crippen LogP contribution in [0.3, 0.4) is 0 Å². The summed E-state index contributed by atoms with van der Waals surface area (Å²) in [4.78, 5) is 9.66. The zero-order chi connectivity index (χ0) is 11.4. The topological polar surface area (TPSA) is 135 Å². The minimum Gasteiger partial charge on any atom is -0.400 e. The fraction of sp³-hybridized carbons (Fsp3) is 0. The van der Waals surface area contributed by atoms with Gasteiger partial charge in [-0.15, -0.1) is 5.10 Å². The number of rotatable bonds is 4. The third kappa shape index (κ3) is 2.17. The lowest BCUT2D eigenvalue weighted by atomic mass is 10.5. The van der Waals surface area contributed by atoms with Gasteiger partial charge >= 0.3 is 5.88 Å². The molecule has 0 unspecified atom stereocenters. The first-order valence-corrected chi connectivity index (χ1v) is 4.02. The van der Waals surface area contributed by atoms with Gasteiger partial charge in [0.15, 0.2) is 5.76 Å². The van der Waals surface area contributed by atoms with Crippen LogP contribution in [-0.2, 0) is 0 Å². The lowest BCUT2D eigenvalue weighted by Crippen LogP contribution is -1.91. The zero-order valence-electron chi connectivity index (χ0n) is 7.69. The molecule has 82 valence electrons. The highest BCUT2D eigenvalue weighted by atomic mass is 16.6. The maximum absolute atomic E-state index is 10.3. The van der Waals surface area contributed by atoms with E-state index in [-0.39, 0.29) is 17.6 Å². The SMILES string of the molecule is O=[N+]([O-])c1ccc(/C=N\Nc2nn[nH]n2)o1. The molecule has 0 radical (unpaired) electrons. The maximum Gasteiger partial charge on any atom is 0.433 e. The number of hydrogen-bond acceptors (Lipinski definition) is 8. The van der Waals surface area contributed by atoms with Crippen molar-refractivity contribution in [3.05, 3.63) is 28.0 Å². The van der Waals surface area contributed by atoms with Crippen molar-refractivity contribution in [1.82, 2.24) is 20.6 Å². The van der Waals surface area contributed by atoms with Gasteiger partial charge in [-0.25, -0.2) is 5.43 Å². The van der Waals surface area contributed by atoms with Crippen LogP contribution >= 0.6 is 0 Å². The summed E-state index contributed by atoms with van der Waals surface area (Å²) in [5, 5.41) is 26.6. The molecule has 0 saturated carbocycles. The van der Waals surface area contributed by atoms with Crippen molar-refractivity contribution >= 4 is 18.0 Å². The Morgan fingerprint density at radius 1 is 1.62 bits per heavy atom. The summed E-state index contributed by atoms with van der Waals surface area (Å²) in [5.74, 6) is 0.0704. The Hall–Kier alpha value is -2.78. The number of aromatic amines is 1. The molecule has 0 aliphatic carbocycles. The molecule has 0 bridgehead atoms. The van der Waals surface area contributed by atoms with E-state index in [0.29, 0.717) is 0 Å². The third-order valence-corrected chi connectivity index (χ3v) is 1.49. The normalized spacial score (nSPS) is 10.8. The van der Waals surface area contributed by atoms with Crippen molar-refractivity contribution in [1.29, 1.82) is 0 Å². The lowest BCUT2D eigenvalue weighted by molar-refractivity contribution is -0.402. The fourth-order valence-corrected chi connectivity index (χ4v) is 0.873. The van der Waals surface area contributed by atoms with E-state index in [9.17, 15) is 10.1 Å². The molecule has 2 rings (SSSR count). The van der Waals surface area contributed by atoms with Crippen molar-refractivity contribution in [3.8, 4) is 0 Å². The number of hydrazone groups is 1. The first kappa shape index (κ1) is 9.76. The molecule has 0 amide bonds. The smallest absolute Gasteiger partial charge is 0.400 e. The Balaban J connectivity index is 1.98. The highest BCUT2D eigenvalue weighted by molar-refractivity contribution is 5.76. The van der Waals surface area contributed by atoms with Gasteiger partial charge in [0, 0.05) is 0 Å². The van der Waals surface area contributed by atoms with Crippen LogP contribution in [0.25, 0.3) is 0 Å². The molecule has 0 saturated heterocycles. The molecular weight excluding hydrogens is 218 g/mol. The van der Waals surface area contributed by atoms with E-state index in [1.54, 1.807) is 0 Å². The summed E-state index contributed by atoms with van der Waals surface area (Å²) in [5.41, 5.74) is 2.44. The third-order valence-electron chi connectivity index (χ3n) is 1.49. The quantitative estimate of drug-likeness (QED) is 0.427. The minimum atomic E-state index is -0.635. The van der Waals surface area contributed by atoms with Gasteiger partial charge in [0.2, 0.25) is 0 Å². The summed E-state index contributed by atoms with van der Waals surface area (Å²) < 4.78 is 4.81. The Kier molecular flexibility index (Phi) is 2.54. The van der Waals surface area contributed by atoms with Crippen LogP contribution in [-0.4, -0.2) is 31.8 Å². The van der Waals surface area contributed by atoms with Crippen molar-refractivity contribution in [2.75, 3.05) is 5.43 Å². The molecule has 0 aromatic carbocycles. The molecule has 0 spiro atoms. The number of tetrazole rings is 1. The lowest BCUT2D eigenvalue weighted by Gasteiger charge is -1.87. The van der Waals surface area contributed by atoms with E-state index in [0.717, 1.165) is 0 Å². The molecule has 0 fully saturated rings. The molecule has 0 atom stereocenters. The first-order chi connectivity index (χ1) is 7.75. The van der Waals surface area contributed by atoms with Gasteiger partial charge in [0.1, 0.15) is 4.92 Å². The summed E-state index contributed by atoms with van der Waals surface area (Å²) >= 11 is 0. The molecule has 2 aromatic rings. The standard InChI is InChI=1S/C6H5N7O3/c14-13(15)5-2-1-4(16-5)3-7-8-6-9-11-12-10-6/h1-3H,(H2,8,9,10,11,12)/b7-3-. The van der Waals surface area contributed by atoms with Crippen LogP contribution < -0.4 is 5.43 Å². The zero-order valence-corrected chi connectivity index (χ0v) is 7.69. The maximum atomic E-state index is 10.3. The second kappa shape index (κ2) is 4.16. The molecule has 0 aliphatic heterocycles. The van der Waals surface area contributed by atoms with Crippen LogP contribution in [0.5, 0.6) is 0 Å². The predicted octanol–water partition coefficient (Wildman–Crippen LogP) is 0.147. The molecule has 10 heteroatoms. The number of furan rings is 1. The van der Waals surface area contributed by atoms with Gasteiger partial charge in [0.05, 0.1) is 12.3 Å². The summed E-state index contributed by atoms with van der Waals surface area (Å²) in [7, 11) is 0. The first-order valence-electron chi connectivity index (χ1n) is 4.02.